The highest BCUT2D eigenvalue weighted by atomic mass is 16.6. The third-order valence-electron chi connectivity index (χ3n) is 1.55. The molecule has 0 aliphatic heterocycles. The average molecular weight is 197 g/mol. The maximum absolute atomic E-state index is 11.3. The van der Waals surface area contributed by atoms with Crippen molar-refractivity contribution in [3.63, 3.8) is 0 Å². The molecule has 0 aromatic carbocycles. The van der Waals surface area contributed by atoms with Crippen molar-refractivity contribution in [1.29, 1.82) is 0 Å². The van der Waals surface area contributed by atoms with Crippen molar-refractivity contribution >= 4 is 5.97 Å². The van der Waals surface area contributed by atoms with Crippen LogP contribution in [0.1, 0.15) is 26.5 Å². The molecule has 1 aromatic heterocycles. The van der Waals surface area contributed by atoms with Gasteiger partial charge in [-0.05, 0) is 26.8 Å². The van der Waals surface area contributed by atoms with Crippen LogP contribution in [0.4, 0.5) is 0 Å². The van der Waals surface area contributed by atoms with E-state index in [1.807, 2.05) is 0 Å². The second-order valence-electron chi connectivity index (χ2n) is 4.10. The van der Waals surface area contributed by atoms with Crippen LogP contribution in [-0.2, 0) is 16.0 Å². The Hall–Kier alpha value is -1.45. The van der Waals surface area contributed by atoms with Gasteiger partial charge in [-0.2, -0.15) is 0 Å². The van der Waals surface area contributed by atoms with Gasteiger partial charge in [0.15, 0.2) is 0 Å². The summed E-state index contributed by atoms with van der Waals surface area (Å²) in [6.07, 6.45) is 1.64. The Kier molecular flexibility index (Phi) is 2.84. The summed E-state index contributed by atoms with van der Waals surface area (Å²) in [7, 11) is 0. The minimum atomic E-state index is -0.487. The van der Waals surface area contributed by atoms with E-state index in [-0.39, 0.29) is 18.1 Å². The van der Waals surface area contributed by atoms with Gasteiger partial charge in [-0.1, -0.05) is 0 Å². The Balaban J connectivity index is 2.54. The lowest BCUT2D eigenvalue weighted by molar-refractivity contribution is -0.154. The molecule has 0 aliphatic carbocycles. The standard InChI is InChI=1S/C10H15NO3/c1-10(2,3)14-9(13)6-7-8(12)4-5-11-7/h4-5,11-12H,6H2,1-3H3. The Bertz CT molecular complexity index is 322. The van der Waals surface area contributed by atoms with E-state index in [0.29, 0.717) is 5.69 Å². The predicted octanol–water partition coefficient (Wildman–Crippen LogP) is 1.60. The molecule has 0 bridgehead atoms. The summed E-state index contributed by atoms with van der Waals surface area (Å²) in [5, 5.41) is 9.26. The van der Waals surface area contributed by atoms with E-state index in [4.69, 9.17) is 4.74 Å². The molecule has 1 rings (SSSR count). The van der Waals surface area contributed by atoms with E-state index in [1.165, 1.54) is 6.07 Å². The molecule has 0 radical (unpaired) electrons. The number of nitrogens with one attached hydrogen (secondary N) is 1. The molecule has 0 unspecified atom stereocenters. The summed E-state index contributed by atoms with van der Waals surface area (Å²) in [6.45, 7) is 5.42. The first-order valence-corrected chi connectivity index (χ1v) is 4.45. The predicted molar refractivity (Wildman–Crippen MR) is 52.0 cm³/mol. The van der Waals surface area contributed by atoms with Crippen LogP contribution in [0.25, 0.3) is 0 Å². The van der Waals surface area contributed by atoms with Gasteiger partial charge in [0.2, 0.25) is 0 Å². The lowest BCUT2D eigenvalue weighted by Gasteiger charge is -2.19. The number of aromatic hydroxyl groups is 1. The van der Waals surface area contributed by atoms with Gasteiger partial charge in [0.25, 0.3) is 0 Å². The molecule has 0 atom stereocenters. The molecule has 0 fully saturated rings. The van der Waals surface area contributed by atoms with Crippen LogP contribution in [0.15, 0.2) is 12.3 Å². The highest BCUT2D eigenvalue weighted by Crippen LogP contribution is 2.16. The highest BCUT2D eigenvalue weighted by Gasteiger charge is 2.17. The molecular formula is C10H15NO3. The van der Waals surface area contributed by atoms with Crippen molar-refractivity contribution in [1.82, 2.24) is 4.98 Å². The zero-order valence-electron chi connectivity index (χ0n) is 8.63. The Morgan fingerprint density at radius 2 is 2.21 bits per heavy atom. The number of aromatic nitrogens is 1. The highest BCUT2D eigenvalue weighted by molar-refractivity contribution is 5.73. The lowest BCUT2D eigenvalue weighted by Crippen LogP contribution is -2.25. The van der Waals surface area contributed by atoms with E-state index in [1.54, 1.807) is 27.0 Å². The van der Waals surface area contributed by atoms with E-state index in [0.717, 1.165) is 0 Å². The van der Waals surface area contributed by atoms with E-state index >= 15 is 0 Å². The summed E-state index contributed by atoms with van der Waals surface area (Å²) in [5.41, 5.74) is -0.00139. The fourth-order valence-electron chi connectivity index (χ4n) is 1.06. The first-order chi connectivity index (χ1) is 6.38. The molecule has 0 saturated heterocycles. The van der Waals surface area contributed by atoms with Gasteiger partial charge in [-0.3, -0.25) is 4.79 Å². The number of hydrogen-bond donors (Lipinski definition) is 2. The minimum absolute atomic E-state index is 0.0656. The molecule has 14 heavy (non-hydrogen) atoms. The van der Waals surface area contributed by atoms with E-state index in [9.17, 15) is 9.90 Å². The van der Waals surface area contributed by atoms with Gasteiger partial charge in [0, 0.05) is 6.20 Å². The summed E-state index contributed by atoms with van der Waals surface area (Å²) >= 11 is 0. The topological polar surface area (TPSA) is 62.3 Å². The van der Waals surface area contributed by atoms with Gasteiger partial charge >= 0.3 is 5.97 Å². The molecular weight excluding hydrogens is 182 g/mol. The molecule has 0 amide bonds. The van der Waals surface area contributed by atoms with Crippen LogP contribution >= 0.6 is 0 Å². The van der Waals surface area contributed by atoms with Crippen LogP contribution in [0.2, 0.25) is 0 Å². The number of ether oxygens (including phenoxy) is 1. The second-order valence-corrected chi connectivity index (χ2v) is 4.10. The number of H-pyrrole nitrogens is 1. The number of carbonyl (C=O) groups is 1. The van der Waals surface area contributed by atoms with Crippen LogP contribution in [-0.4, -0.2) is 21.7 Å². The maximum Gasteiger partial charge on any atom is 0.312 e. The molecule has 2 N–H and O–H groups in total. The zero-order chi connectivity index (χ0) is 10.8. The first-order valence-electron chi connectivity index (χ1n) is 4.45. The maximum atomic E-state index is 11.3. The zero-order valence-corrected chi connectivity index (χ0v) is 8.63. The van der Waals surface area contributed by atoms with Gasteiger partial charge in [-0.15, -0.1) is 0 Å². The molecule has 0 aliphatic rings. The van der Waals surface area contributed by atoms with Gasteiger partial charge < -0.3 is 14.8 Å². The summed E-state index contributed by atoms with van der Waals surface area (Å²) < 4.78 is 5.10. The molecule has 1 aromatic rings. The number of hydrogen-bond acceptors (Lipinski definition) is 3. The number of esters is 1. The second kappa shape index (κ2) is 3.74. The fourth-order valence-corrected chi connectivity index (χ4v) is 1.06. The summed E-state index contributed by atoms with van der Waals surface area (Å²) in [5.74, 6) is -0.258. The molecule has 0 saturated carbocycles. The normalized spacial score (nSPS) is 11.4. The molecule has 0 spiro atoms. The number of carbonyl (C=O) groups excluding carboxylic acids is 1. The molecule has 1 heterocycles. The third kappa shape index (κ3) is 3.12. The number of rotatable bonds is 2. The minimum Gasteiger partial charge on any atom is -0.506 e. The smallest absolute Gasteiger partial charge is 0.312 e. The van der Waals surface area contributed by atoms with Gasteiger partial charge in [0.1, 0.15) is 11.4 Å². The van der Waals surface area contributed by atoms with E-state index < -0.39 is 5.60 Å². The largest absolute Gasteiger partial charge is 0.506 e. The lowest BCUT2D eigenvalue weighted by atomic mass is 10.2. The fraction of sp³-hybridized carbons (Fsp3) is 0.500. The van der Waals surface area contributed by atoms with Crippen LogP contribution in [0.5, 0.6) is 5.75 Å². The summed E-state index contributed by atoms with van der Waals surface area (Å²) in [6, 6.07) is 1.50. The van der Waals surface area contributed by atoms with Crippen molar-refractivity contribution in [2.24, 2.45) is 0 Å². The molecule has 4 nitrogen and oxygen atoms in total. The van der Waals surface area contributed by atoms with Crippen LogP contribution in [0, 0.1) is 0 Å². The summed E-state index contributed by atoms with van der Waals surface area (Å²) in [4.78, 5) is 14.1. The Morgan fingerprint density at radius 3 is 2.64 bits per heavy atom. The first kappa shape index (κ1) is 10.6. The van der Waals surface area contributed by atoms with Crippen molar-refractivity contribution in [3.8, 4) is 5.75 Å². The monoisotopic (exact) mass is 197 g/mol. The van der Waals surface area contributed by atoms with Crippen LogP contribution < -0.4 is 0 Å². The average Bonchev–Trinajstić information content (AvgIpc) is 2.32. The van der Waals surface area contributed by atoms with Crippen molar-refractivity contribution in [2.75, 3.05) is 0 Å². The third-order valence-corrected chi connectivity index (χ3v) is 1.55. The molecule has 78 valence electrons. The molecule has 4 heteroatoms. The van der Waals surface area contributed by atoms with Crippen molar-refractivity contribution in [2.45, 2.75) is 32.8 Å². The number of aromatic amines is 1. The Labute approximate surface area is 82.9 Å². The van der Waals surface area contributed by atoms with E-state index in [2.05, 4.69) is 4.98 Å². The van der Waals surface area contributed by atoms with Crippen molar-refractivity contribution in [3.05, 3.63) is 18.0 Å². The quantitative estimate of drug-likeness (QED) is 0.708. The van der Waals surface area contributed by atoms with Gasteiger partial charge in [-0.25, -0.2) is 0 Å². The SMILES string of the molecule is CC(C)(C)OC(=O)Cc1[nH]ccc1O. The Morgan fingerprint density at radius 1 is 1.57 bits per heavy atom. The van der Waals surface area contributed by atoms with Crippen molar-refractivity contribution < 1.29 is 14.6 Å². The van der Waals surface area contributed by atoms with Gasteiger partial charge in [0.05, 0.1) is 12.1 Å². The van der Waals surface area contributed by atoms with Crippen LogP contribution in [0.3, 0.4) is 0 Å².